The van der Waals surface area contributed by atoms with Crippen molar-refractivity contribution < 1.29 is 8.78 Å². The lowest BCUT2D eigenvalue weighted by Gasteiger charge is -2.17. The molecule has 0 radical (unpaired) electrons. The van der Waals surface area contributed by atoms with E-state index < -0.39 is 29.1 Å². The Bertz CT molecular complexity index is 1070. The van der Waals surface area contributed by atoms with E-state index in [1.807, 2.05) is 0 Å². The van der Waals surface area contributed by atoms with Crippen LogP contribution in [0.2, 0.25) is 0 Å². The first-order valence-corrected chi connectivity index (χ1v) is 8.36. The van der Waals surface area contributed by atoms with E-state index in [1.54, 1.807) is 19.9 Å². The summed E-state index contributed by atoms with van der Waals surface area (Å²) in [4.78, 5) is 29.1. The highest BCUT2D eigenvalue weighted by atomic mass is 19.1. The first-order chi connectivity index (χ1) is 12.9. The summed E-state index contributed by atoms with van der Waals surface area (Å²) in [5, 5.41) is 2.71. The number of rotatable bonds is 5. The fourth-order valence-corrected chi connectivity index (χ4v) is 2.64. The van der Waals surface area contributed by atoms with Crippen molar-refractivity contribution in [1.29, 1.82) is 0 Å². The molecule has 0 aliphatic carbocycles. The van der Waals surface area contributed by atoms with Crippen molar-refractivity contribution in [3.8, 4) is 0 Å². The Morgan fingerprint density at radius 2 is 1.70 bits per heavy atom. The molecule has 1 heterocycles. The molecule has 2 aromatic carbocycles. The summed E-state index contributed by atoms with van der Waals surface area (Å²) < 4.78 is 29.4. The Labute approximate surface area is 153 Å². The average molecular weight is 372 g/mol. The molecule has 3 rings (SSSR count). The van der Waals surface area contributed by atoms with E-state index in [9.17, 15) is 18.4 Å². The zero-order chi connectivity index (χ0) is 19.6. The van der Waals surface area contributed by atoms with E-state index in [1.165, 1.54) is 47.0 Å². The molecule has 0 spiro atoms. The van der Waals surface area contributed by atoms with Gasteiger partial charge in [-0.15, -0.1) is 0 Å². The molecule has 0 bridgehead atoms. The largest absolute Gasteiger partial charge is 0.355 e. The zero-order valence-electron chi connectivity index (χ0n) is 14.8. The molecule has 6 nitrogen and oxygen atoms in total. The van der Waals surface area contributed by atoms with Gasteiger partial charge in [-0.2, -0.15) is 4.98 Å². The van der Waals surface area contributed by atoms with E-state index in [0.29, 0.717) is 5.56 Å². The zero-order valence-corrected chi connectivity index (χ0v) is 14.8. The summed E-state index contributed by atoms with van der Waals surface area (Å²) in [6.45, 7) is 3.42. The third-order valence-corrected chi connectivity index (χ3v) is 3.99. The van der Waals surface area contributed by atoms with Crippen molar-refractivity contribution in [3.63, 3.8) is 0 Å². The molecular formula is C19H18F2N4O2. The van der Waals surface area contributed by atoms with Gasteiger partial charge in [0.2, 0.25) is 5.95 Å². The Kier molecular flexibility index (Phi) is 5.16. The van der Waals surface area contributed by atoms with E-state index in [0.717, 1.165) is 4.57 Å². The van der Waals surface area contributed by atoms with Crippen LogP contribution in [-0.2, 0) is 6.54 Å². The topological polar surface area (TPSA) is 68.9 Å². The second-order valence-corrected chi connectivity index (χ2v) is 6.28. The molecule has 1 N–H and O–H groups in total. The average Bonchev–Trinajstić information content (AvgIpc) is 2.61. The first-order valence-electron chi connectivity index (χ1n) is 8.36. The SMILES string of the molecule is CC(C)n1c(=O)nc(Nc2ccccc2F)n(Cc2ccc(F)cc2)c1=O. The van der Waals surface area contributed by atoms with Gasteiger partial charge in [0.15, 0.2) is 0 Å². The third kappa shape index (κ3) is 3.94. The minimum atomic E-state index is -0.732. The number of benzene rings is 2. The fraction of sp³-hybridized carbons (Fsp3) is 0.211. The number of nitrogens with zero attached hydrogens (tertiary/aromatic N) is 3. The van der Waals surface area contributed by atoms with Gasteiger partial charge in [0.1, 0.15) is 11.6 Å². The Balaban J connectivity index is 2.13. The Hall–Kier alpha value is -3.29. The molecule has 0 unspecified atom stereocenters. The van der Waals surface area contributed by atoms with Crippen LogP contribution in [0.1, 0.15) is 25.5 Å². The van der Waals surface area contributed by atoms with Crippen molar-refractivity contribution in [3.05, 3.63) is 86.7 Å². The minimum Gasteiger partial charge on any atom is -0.323 e. The molecule has 3 aromatic rings. The summed E-state index contributed by atoms with van der Waals surface area (Å²) in [6, 6.07) is 11.1. The Morgan fingerprint density at radius 1 is 1.04 bits per heavy atom. The lowest BCUT2D eigenvalue weighted by atomic mass is 10.2. The number of hydrogen-bond donors (Lipinski definition) is 1. The van der Waals surface area contributed by atoms with Crippen LogP contribution in [0.4, 0.5) is 20.4 Å². The van der Waals surface area contributed by atoms with Crippen LogP contribution in [0.5, 0.6) is 0 Å². The molecule has 0 aliphatic heterocycles. The van der Waals surface area contributed by atoms with Gasteiger partial charge in [-0.25, -0.2) is 22.9 Å². The molecule has 0 amide bonds. The van der Waals surface area contributed by atoms with Gasteiger partial charge in [0.05, 0.1) is 12.2 Å². The standard InChI is InChI=1S/C19H18F2N4O2/c1-12(2)25-18(26)23-17(22-16-6-4-3-5-15(16)21)24(19(25)27)11-13-7-9-14(20)10-8-13/h3-10,12H,11H2,1-2H3,(H,22,23,26). The second kappa shape index (κ2) is 7.53. The lowest BCUT2D eigenvalue weighted by Crippen LogP contribution is -2.43. The molecule has 27 heavy (non-hydrogen) atoms. The quantitative estimate of drug-likeness (QED) is 0.747. The summed E-state index contributed by atoms with van der Waals surface area (Å²) >= 11 is 0. The molecule has 0 saturated heterocycles. The van der Waals surface area contributed by atoms with Crippen molar-refractivity contribution in [1.82, 2.24) is 14.1 Å². The van der Waals surface area contributed by atoms with Crippen LogP contribution in [0.25, 0.3) is 0 Å². The van der Waals surface area contributed by atoms with Gasteiger partial charge in [0.25, 0.3) is 0 Å². The van der Waals surface area contributed by atoms with Crippen LogP contribution >= 0.6 is 0 Å². The predicted octanol–water partition coefficient (Wildman–Crippen LogP) is 3.06. The lowest BCUT2D eigenvalue weighted by molar-refractivity contribution is 0.496. The van der Waals surface area contributed by atoms with Crippen molar-refractivity contribution in [2.45, 2.75) is 26.4 Å². The van der Waals surface area contributed by atoms with Gasteiger partial charge in [-0.1, -0.05) is 24.3 Å². The second-order valence-electron chi connectivity index (χ2n) is 6.28. The van der Waals surface area contributed by atoms with Gasteiger partial charge >= 0.3 is 11.4 Å². The molecule has 8 heteroatoms. The van der Waals surface area contributed by atoms with Gasteiger partial charge in [0, 0.05) is 6.04 Å². The predicted molar refractivity (Wildman–Crippen MR) is 98.3 cm³/mol. The van der Waals surface area contributed by atoms with Crippen molar-refractivity contribution >= 4 is 11.6 Å². The highest BCUT2D eigenvalue weighted by molar-refractivity contribution is 5.54. The summed E-state index contributed by atoms with van der Waals surface area (Å²) in [5.41, 5.74) is -0.609. The monoisotopic (exact) mass is 372 g/mol. The third-order valence-electron chi connectivity index (χ3n) is 3.99. The van der Waals surface area contributed by atoms with E-state index in [-0.39, 0.29) is 18.2 Å². The number of nitrogens with one attached hydrogen (secondary N) is 1. The van der Waals surface area contributed by atoms with Crippen LogP contribution in [0, 0.1) is 11.6 Å². The maximum absolute atomic E-state index is 14.0. The van der Waals surface area contributed by atoms with Crippen molar-refractivity contribution in [2.75, 3.05) is 5.32 Å². The van der Waals surface area contributed by atoms with Crippen LogP contribution in [0.15, 0.2) is 58.1 Å². The number of aromatic nitrogens is 3. The smallest absolute Gasteiger partial charge is 0.323 e. The molecule has 0 saturated carbocycles. The van der Waals surface area contributed by atoms with Crippen LogP contribution < -0.4 is 16.7 Å². The number of halogens is 2. The van der Waals surface area contributed by atoms with Crippen LogP contribution in [0.3, 0.4) is 0 Å². The van der Waals surface area contributed by atoms with Gasteiger partial charge in [-0.05, 0) is 43.7 Å². The normalized spacial score (nSPS) is 11.0. The fourth-order valence-electron chi connectivity index (χ4n) is 2.64. The number of hydrogen-bond acceptors (Lipinski definition) is 4. The highest BCUT2D eigenvalue weighted by Crippen LogP contribution is 2.17. The minimum absolute atomic E-state index is 0.0376. The summed E-state index contributed by atoms with van der Waals surface area (Å²) in [5.74, 6) is -1.04. The van der Waals surface area contributed by atoms with Crippen molar-refractivity contribution in [2.24, 2.45) is 0 Å². The molecular weight excluding hydrogens is 354 g/mol. The maximum atomic E-state index is 14.0. The van der Waals surface area contributed by atoms with E-state index in [4.69, 9.17) is 0 Å². The molecule has 0 fully saturated rings. The van der Waals surface area contributed by atoms with Gasteiger partial charge < -0.3 is 5.32 Å². The first kappa shape index (κ1) is 18.5. The summed E-state index contributed by atoms with van der Waals surface area (Å²) in [6.07, 6.45) is 0. The van der Waals surface area contributed by atoms with E-state index in [2.05, 4.69) is 10.3 Å². The molecule has 1 aromatic heterocycles. The molecule has 140 valence electrons. The van der Waals surface area contributed by atoms with E-state index >= 15 is 0 Å². The number of anilines is 2. The van der Waals surface area contributed by atoms with Crippen LogP contribution in [-0.4, -0.2) is 14.1 Å². The highest BCUT2D eigenvalue weighted by Gasteiger charge is 2.16. The van der Waals surface area contributed by atoms with Gasteiger partial charge in [-0.3, -0.25) is 4.57 Å². The summed E-state index contributed by atoms with van der Waals surface area (Å²) in [7, 11) is 0. The maximum Gasteiger partial charge on any atom is 0.355 e. The number of para-hydroxylation sites is 1. The molecule has 0 aliphatic rings. The molecule has 0 atom stereocenters. The Morgan fingerprint density at radius 3 is 2.33 bits per heavy atom.